The molecule has 0 amide bonds. The van der Waals surface area contributed by atoms with Crippen LogP contribution in [0, 0.1) is 0 Å². The summed E-state index contributed by atoms with van der Waals surface area (Å²) in [6.07, 6.45) is 1.89. The molecule has 0 aliphatic heterocycles. The Morgan fingerprint density at radius 3 is 1.87 bits per heavy atom. The van der Waals surface area contributed by atoms with Gasteiger partial charge in [0.05, 0.1) is 16.4 Å². The van der Waals surface area contributed by atoms with Crippen molar-refractivity contribution in [2.75, 3.05) is 0 Å². The summed E-state index contributed by atoms with van der Waals surface area (Å²) >= 11 is 0. The standard InChI is InChI=1S/C32H19N5O/c1-3-11-20(12-4-1)29-34-30(21-13-5-2-6-14-21)36-32(35-29)37-25-17-9-7-15-22(25)24-19-33-31-27(28(24)37)23-16-8-10-18-26(23)38-31/h1-19H. The lowest BCUT2D eigenvalue weighted by atomic mass is 10.1. The van der Waals surface area contributed by atoms with Gasteiger partial charge in [0.25, 0.3) is 0 Å². The van der Waals surface area contributed by atoms with Crippen LogP contribution in [0.15, 0.2) is 120 Å². The fourth-order valence-corrected chi connectivity index (χ4v) is 5.22. The van der Waals surface area contributed by atoms with Gasteiger partial charge < -0.3 is 4.42 Å². The molecule has 0 spiro atoms. The zero-order valence-corrected chi connectivity index (χ0v) is 20.1. The van der Waals surface area contributed by atoms with E-state index in [1.165, 1.54) is 0 Å². The molecule has 0 bridgehead atoms. The third kappa shape index (κ3) is 3.07. The van der Waals surface area contributed by atoms with Gasteiger partial charge in [0.2, 0.25) is 11.7 Å². The Kier molecular flexibility index (Phi) is 4.42. The second kappa shape index (κ2) is 8.08. The van der Waals surface area contributed by atoms with E-state index in [0.29, 0.717) is 23.3 Å². The second-order valence-electron chi connectivity index (χ2n) is 9.17. The van der Waals surface area contributed by atoms with Crippen molar-refractivity contribution in [1.29, 1.82) is 0 Å². The summed E-state index contributed by atoms with van der Waals surface area (Å²) in [5, 5.41) is 4.04. The molecule has 8 rings (SSSR count). The predicted molar refractivity (Wildman–Crippen MR) is 150 cm³/mol. The third-order valence-corrected chi connectivity index (χ3v) is 6.93. The van der Waals surface area contributed by atoms with E-state index in [-0.39, 0.29) is 0 Å². The van der Waals surface area contributed by atoms with Crippen LogP contribution in [0.1, 0.15) is 0 Å². The number of pyridine rings is 1. The molecule has 4 aromatic heterocycles. The summed E-state index contributed by atoms with van der Waals surface area (Å²) in [5.74, 6) is 1.77. The van der Waals surface area contributed by atoms with Gasteiger partial charge in [-0.2, -0.15) is 9.97 Å². The van der Waals surface area contributed by atoms with Crippen molar-refractivity contribution in [2.24, 2.45) is 0 Å². The second-order valence-corrected chi connectivity index (χ2v) is 9.17. The maximum absolute atomic E-state index is 6.16. The smallest absolute Gasteiger partial charge is 0.238 e. The monoisotopic (exact) mass is 489 g/mol. The van der Waals surface area contributed by atoms with Crippen LogP contribution in [0.3, 0.4) is 0 Å². The Morgan fingerprint density at radius 1 is 0.553 bits per heavy atom. The van der Waals surface area contributed by atoms with Gasteiger partial charge in [-0.25, -0.2) is 9.97 Å². The molecule has 0 fully saturated rings. The minimum atomic E-state index is 0.543. The normalized spacial score (nSPS) is 11.7. The lowest BCUT2D eigenvalue weighted by molar-refractivity contribution is 0.654. The lowest BCUT2D eigenvalue weighted by Crippen LogP contribution is -2.06. The van der Waals surface area contributed by atoms with Gasteiger partial charge in [-0.15, -0.1) is 0 Å². The average molecular weight is 490 g/mol. The topological polar surface area (TPSA) is 69.6 Å². The molecule has 0 atom stereocenters. The largest absolute Gasteiger partial charge is 0.438 e. The van der Waals surface area contributed by atoms with Gasteiger partial charge >= 0.3 is 0 Å². The van der Waals surface area contributed by atoms with E-state index in [0.717, 1.165) is 49.3 Å². The number of fused-ring (bicyclic) bond motifs is 7. The molecule has 0 unspecified atom stereocenters. The van der Waals surface area contributed by atoms with E-state index >= 15 is 0 Å². The molecule has 4 heterocycles. The number of hydrogen-bond donors (Lipinski definition) is 0. The van der Waals surface area contributed by atoms with E-state index in [1.54, 1.807) is 0 Å². The molecule has 0 radical (unpaired) electrons. The summed E-state index contributed by atoms with van der Waals surface area (Å²) < 4.78 is 8.28. The van der Waals surface area contributed by atoms with Crippen LogP contribution in [0.2, 0.25) is 0 Å². The van der Waals surface area contributed by atoms with E-state index in [2.05, 4.69) is 22.8 Å². The Morgan fingerprint density at radius 2 is 1.16 bits per heavy atom. The number of aromatic nitrogens is 5. The van der Waals surface area contributed by atoms with Gasteiger partial charge in [-0.05, 0) is 12.1 Å². The highest BCUT2D eigenvalue weighted by Gasteiger charge is 2.22. The van der Waals surface area contributed by atoms with Crippen molar-refractivity contribution in [3.63, 3.8) is 0 Å². The number of nitrogens with zero attached hydrogens (tertiary/aromatic N) is 5. The number of rotatable bonds is 3. The summed E-state index contributed by atoms with van der Waals surface area (Å²) in [5.41, 5.74) is 5.19. The molecule has 178 valence electrons. The maximum atomic E-state index is 6.16. The van der Waals surface area contributed by atoms with Crippen LogP contribution in [0.25, 0.3) is 72.6 Å². The van der Waals surface area contributed by atoms with Crippen molar-refractivity contribution in [2.45, 2.75) is 0 Å². The first-order valence-electron chi connectivity index (χ1n) is 12.4. The maximum Gasteiger partial charge on any atom is 0.238 e. The molecule has 0 N–H and O–H groups in total. The zero-order valence-electron chi connectivity index (χ0n) is 20.1. The number of furan rings is 1. The molecule has 6 nitrogen and oxygen atoms in total. The molecule has 0 aliphatic carbocycles. The molecule has 6 heteroatoms. The molecule has 4 aromatic carbocycles. The van der Waals surface area contributed by atoms with Crippen LogP contribution in [0.4, 0.5) is 0 Å². The highest BCUT2D eigenvalue weighted by atomic mass is 16.3. The van der Waals surface area contributed by atoms with Crippen molar-refractivity contribution in [1.82, 2.24) is 24.5 Å². The first-order valence-corrected chi connectivity index (χ1v) is 12.4. The van der Waals surface area contributed by atoms with E-state index in [9.17, 15) is 0 Å². The Bertz CT molecular complexity index is 2070. The molecule has 0 saturated heterocycles. The van der Waals surface area contributed by atoms with Crippen LogP contribution in [-0.4, -0.2) is 24.5 Å². The SMILES string of the molecule is c1ccc(-c2nc(-c3ccccc3)nc(-n3c4ccccc4c4cnc5oc6ccccc6c5c43)n2)cc1. The summed E-state index contributed by atoms with van der Waals surface area (Å²) in [6.45, 7) is 0. The molecule has 38 heavy (non-hydrogen) atoms. The highest BCUT2D eigenvalue weighted by molar-refractivity contribution is 6.23. The minimum Gasteiger partial charge on any atom is -0.438 e. The number of hydrogen-bond acceptors (Lipinski definition) is 5. The summed E-state index contributed by atoms with van der Waals surface area (Å²) in [6, 6.07) is 36.4. The first kappa shape index (κ1) is 20.8. The van der Waals surface area contributed by atoms with E-state index in [4.69, 9.17) is 24.4 Å². The van der Waals surface area contributed by atoms with Gasteiger partial charge in [-0.3, -0.25) is 4.57 Å². The number of benzene rings is 4. The average Bonchev–Trinajstić information content (AvgIpc) is 3.53. The van der Waals surface area contributed by atoms with Gasteiger partial charge in [0.15, 0.2) is 11.6 Å². The third-order valence-electron chi connectivity index (χ3n) is 6.93. The predicted octanol–water partition coefficient (Wildman–Crippen LogP) is 7.60. The Balaban J connectivity index is 1.54. The molecule has 8 aromatic rings. The van der Waals surface area contributed by atoms with E-state index < -0.39 is 0 Å². The van der Waals surface area contributed by atoms with Crippen molar-refractivity contribution in [3.05, 3.63) is 115 Å². The zero-order chi connectivity index (χ0) is 25.1. The fourth-order valence-electron chi connectivity index (χ4n) is 5.22. The molecular weight excluding hydrogens is 470 g/mol. The van der Waals surface area contributed by atoms with Gasteiger partial charge in [0, 0.05) is 33.5 Å². The molecule has 0 saturated carbocycles. The first-order chi connectivity index (χ1) is 18.8. The lowest BCUT2D eigenvalue weighted by Gasteiger charge is -2.11. The van der Waals surface area contributed by atoms with Crippen molar-refractivity contribution < 1.29 is 4.42 Å². The number of para-hydroxylation sites is 2. The van der Waals surface area contributed by atoms with Crippen LogP contribution >= 0.6 is 0 Å². The van der Waals surface area contributed by atoms with Crippen LogP contribution in [-0.2, 0) is 0 Å². The quantitative estimate of drug-likeness (QED) is 0.256. The molecule has 0 aliphatic rings. The fraction of sp³-hybridized carbons (Fsp3) is 0. The minimum absolute atomic E-state index is 0.543. The van der Waals surface area contributed by atoms with Gasteiger partial charge in [0.1, 0.15) is 5.58 Å². The Labute approximate surface area is 216 Å². The summed E-state index contributed by atoms with van der Waals surface area (Å²) in [7, 11) is 0. The molecular formula is C32H19N5O. The van der Waals surface area contributed by atoms with Crippen molar-refractivity contribution >= 4 is 43.9 Å². The highest BCUT2D eigenvalue weighted by Crippen LogP contribution is 2.39. The summed E-state index contributed by atoms with van der Waals surface area (Å²) in [4.78, 5) is 19.6. The van der Waals surface area contributed by atoms with Crippen molar-refractivity contribution in [3.8, 4) is 28.7 Å². The Hall–Kier alpha value is -5.36. The van der Waals surface area contributed by atoms with Gasteiger partial charge in [-0.1, -0.05) is 97.1 Å². The van der Waals surface area contributed by atoms with Crippen LogP contribution in [0.5, 0.6) is 0 Å². The van der Waals surface area contributed by atoms with Crippen LogP contribution < -0.4 is 0 Å². The van der Waals surface area contributed by atoms with E-state index in [1.807, 2.05) is 97.2 Å².